The van der Waals surface area contributed by atoms with Gasteiger partial charge in [-0.2, -0.15) is 0 Å². The van der Waals surface area contributed by atoms with Crippen molar-refractivity contribution in [3.63, 3.8) is 0 Å². The minimum atomic E-state index is 0.349. The van der Waals surface area contributed by atoms with Crippen molar-refractivity contribution >= 4 is 0 Å². The molecule has 1 fully saturated rings. The second kappa shape index (κ2) is 9.06. The lowest BCUT2D eigenvalue weighted by Crippen LogP contribution is -2.36. The molecule has 2 N–H and O–H groups in total. The Kier molecular flexibility index (Phi) is 7.04. The molecule has 0 amide bonds. The fourth-order valence-electron chi connectivity index (χ4n) is 2.98. The highest BCUT2D eigenvalue weighted by Gasteiger charge is 2.09. The van der Waals surface area contributed by atoms with E-state index >= 15 is 0 Å². The predicted molar refractivity (Wildman–Crippen MR) is 88.8 cm³/mol. The highest BCUT2D eigenvalue weighted by atomic mass is 16.3. The van der Waals surface area contributed by atoms with Crippen LogP contribution in [-0.4, -0.2) is 42.2 Å². The maximum Gasteiger partial charge on any atom is 0.115 e. The van der Waals surface area contributed by atoms with E-state index in [1.807, 2.05) is 12.1 Å². The number of hydrogen-bond acceptors (Lipinski definition) is 3. The van der Waals surface area contributed by atoms with Crippen LogP contribution < -0.4 is 5.32 Å². The zero-order valence-electron chi connectivity index (χ0n) is 13.4. The van der Waals surface area contributed by atoms with Gasteiger partial charge in [0.2, 0.25) is 0 Å². The molecule has 1 aromatic rings. The van der Waals surface area contributed by atoms with Crippen molar-refractivity contribution in [3.05, 3.63) is 29.8 Å². The number of aromatic hydroxyl groups is 1. The van der Waals surface area contributed by atoms with Crippen LogP contribution in [0.3, 0.4) is 0 Å². The van der Waals surface area contributed by atoms with Crippen molar-refractivity contribution in [3.8, 4) is 5.75 Å². The molecule has 0 radical (unpaired) electrons. The molecule has 3 nitrogen and oxygen atoms in total. The highest BCUT2D eigenvalue weighted by molar-refractivity contribution is 5.25. The third-order valence-electron chi connectivity index (χ3n) is 4.42. The summed E-state index contributed by atoms with van der Waals surface area (Å²) in [5.41, 5.74) is 1.30. The number of phenols is 1. The summed E-state index contributed by atoms with van der Waals surface area (Å²) in [6.07, 6.45) is 7.77. The fraction of sp³-hybridized carbons (Fsp3) is 0.667. The average Bonchev–Trinajstić information content (AvgIpc) is 2.75. The Morgan fingerprint density at radius 3 is 2.43 bits per heavy atom. The molecular formula is C18H30N2O. The van der Waals surface area contributed by atoms with E-state index in [1.54, 1.807) is 12.1 Å². The molecule has 2 rings (SSSR count). The number of phenolic OH excluding ortho intramolecular Hbond substituents is 1. The Morgan fingerprint density at radius 1 is 1.10 bits per heavy atom. The van der Waals surface area contributed by atoms with Gasteiger partial charge in [0, 0.05) is 19.1 Å². The Bertz CT molecular complexity index is 383. The fourth-order valence-corrected chi connectivity index (χ4v) is 2.98. The topological polar surface area (TPSA) is 35.5 Å². The molecule has 0 spiro atoms. The van der Waals surface area contributed by atoms with Gasteiger partial charge in [0.05, 0.1) is 0 Å². The normalized spacial score (nSPS) is 18.3. The third-order valence-corrected chi connectivity index (χ3v) is 4.42. The molecule has 0 saturated carbocycles. The summed E-state index contributed by atoms with van der Waals surface area (Å²) in [5, 5.41) is 12.9. The van der Waals surface area contributed by atoms with Crippen LogP contribution in [0, 0.1) is 0 Å². The minimum absolute atomic E-state index is 0.349. The molecule has 1 aliphatic rings. The van der Waals surface area contributed by atoms with Gasteiger partial charge in [-0.05, 0) is 63.4 Å². The Balaban J connectivity index is 1.58. The second-order valence-corrected chi connectivity index (χ2v) is 6.32. The minimum Gasteiger partial charge on any atom is -0.508 e. The Hall–Kier alpha value is -1.06. The van der Waals surface area contributed by atoms with Crippen LogP contribution in [0.25, 0.3) is 0 Å². The zero-order valence-corrected chi connectivity index (χ0v) is 13.4. The molecule has 1 heterocycles. The van der Waals surface area contributed by atoms with Gasteiger partial charge in [0.15, 0.2) is 0 Å². The van der Waals surface area contributed by atoms with Gasteiger partial charge in [-0.1, -0.05) is 25.0 Å². The van der Waals surface area contributed by atoms with Crippen molar-refractivity contribution in [1.29, 1.82) is 0 Å². The largest absolute Gasteiger partial charge is 0.508 e. The van der Waals surface area contributed by atoms with E-state index in [1.165, 1.54) is 50.9 Å². The lowest BCUT2D eigenvalue weighted by atomic mass is 10.1. The highest BCUT2D eigenvalue weighted by Crippen LogP contribution is 2.12. The maximum absolute atomic E-state index is 9.28. The van der Waals surface area contributed by atoms with E-state index in [0.717, 1.165) is 19.4 Å². The summed E-state index contributed by atoms with van der Waals surface area (Å²) in [5.74, 6) is 0.349. The SMILES string of the molecule is CC(CCc1ccc(O)cc1)NCCN1CCCCCC1. The summed E-state index contributed by atoms with van der Waals surface area (Å²) in [7, 11) is 0. The molecule has 0 bridgehead atoms. The van der Waals surface area contributed by atoms with E-state index in [2.05, 4.69) is 17.1 Å². The number of rotatable bonds is 7. The number of hydrogen-bond donors (Lipinski definition) is 2. The molecule has 0 aliphatic carbocycles. The summed E-state index contributed by atoms with van der Waals surface area (Å²) < 4.78 is 0. The first-order chi connectivity index (χ1) is 10.2. The van der Waals surface area contributed by atoms with Crippen LogP contribution >= 0.6 is 0 Å². The molecule has 21 heavy (non-hydrogen) atoms. The standard InChI is InChI=1S/C18H30N2O/c1-16(6-7-17-8-10-18(21)11-9-17)19-12-15-20-13-4-2-3-5-14-20/h8-11,16,19,21H,2-7,12-15H2,1H3. The van der Waals surface area contributed by atoms with E-state index in [4.69, 9.17) is 0 Å². The zero-order chi connectivity index (χ0) is 14.9. The number of nitrogens with zero attached hydrogens (tertiary/aromatic N) is 1. The summed E-state index contributed by atoms with van der Waals surface area (Å²) in [6.45, 7) is 7.11. The van der Waals surface area contributed by atoms with Gasteiger partial charge in [-0.15, -0.1) is 0 Å². The Labute approximate surface area is 129 Å². The van der Waals surface area contributed by atoms with Crippen LogP contribution in [0.5, 0.6) is 5.75 Å². The second-order valence-electron chi connectivity index (χ2n) is 6.32. The molecule has 3 heteroatoms. The van der Waals surface area contributed by atoms with Crippen molar-refractivity contribution < 1.29 is 5.11 Å². The van der Waals surface area contributed by atoms with Crippen LogP contribution in [0.4, 0.5) is 0 Å². The first-order valence-corrected chi connectivity index (χ1v) is 8.48. The smallest absolute Gasteiger partial charge is 0.115 e. The molecule has 1 atom stereocenters. The van der Waals surface area contributed by atoms with Crippen molar-refractivity contribution in [1.82, 2.24) is 10.2 Å². The van der Waals surface area contributed by atoms with Gasteiger partial charge in [0.25, 0.3) is 0 Å². The first kappa shape index (κ1) is 16.3. The van der Waals surface area contributed by atoms with E-state index < -0.39 is 0 Å². The van der Waals surface area contributed by atoms with Gasteiger partial charge in [-0.3, -0.25) is 0 Å². The summed E-state index contributed by atoms with van der Waals surface area (Å²) in [4.78, 5) is 2.60. The lowest BCUT2D eigenvalue weighted by Gasteiger charge is -2.21. The molecule has 1 aliphatic heterocycles. The van der Waals surface area contributed by atoms with E-state index in [9.17, 15) is 5.11 Å². The molecule has 1 unspecified atom stereocenters. The molecule has 118 valence electrons. The van der Waals surface area contributed by atoms with Gasteiger partial charge >= 0.3 is 0 Å². The summed E-state index contributed by atoms with van der Waals surface area (Å²) >= 11 is 0. The van der Waals surface area contributed by atoms with Crippen LogP contribution in [0.2, 0.25) is 0 Å². The monoisotopic (exact) mass is 290 g/mol. The van der Waals surface area contributed by atoms with Crippen molar-refractivity contribution in [2.75, 3.05) is 26.2 Å². The molecule has 1 aromatic carbocycles. The van der Waals surface area contributed by atoms with Gasteiger partial charge in [0.1, 0.15) is 5.75 Å². The first-order valence-electron chi connectivity index (χ1n) is 8.48. The number of nitrogens with one attached hydrogen (secondary N) is 1. The molecule has 0 aromatic heterocycles. The van der Waals surface area contributed by atoms with Gasteiger partial charge < -0.3 is 15.3 Å². The summed E-state index contributed by atoms with van der Waals surface area (Å²) in [6, 6.07) is 8.11. The van der Waals surface area contributed by atoms with Crippen LogP contribution in [0.1, 0.15) is 44.6 Å². The maximum atomic E-state index is 9.28. The number of likely N-dealkylation sites (tertiary alicyclic amines) is 1. The quantitative estimate of drug-likeness (QED) is 0.809. The van der Waals surface area contributed by atoms with E-state index in [-0.39, 0.29) is 0 Å². The molecule has 1 saturated heterocycles. The van der Waals surface area contributed by atoms with Crippen molar-refractivity contribution in [2.24, 2.45) is 0 Å². The third kappa shape index (κ3) is 6.49. The van der Waals surface area contributed by atoms with Crippen LogP contribution in [0.15, 0.2) is 24.3 Å². The number of aryl methyl sites for hydroxylation is 1. The Morgan fingerprint density at radius 2 is 1.76 bits per heavy atom. The molecular weight excluding hydrogens is 260 g/mol. The van der Waals surface area contributed by atoms with Crippen LogP contribution in [-0.2, 0) is 6.42 Å². The lowest BCUT2D eigenvalue weighted by molar-refractivity contribution is 0.279. The average molecular weight is 290 g/mol. The van der Waals surface area contributed by atoms with Gasteiger partial charge in [-0.25, -0.2) is 0 Å². The number of benzene rings is 1. The van der Waals surface area contributed by atoms with Crippen molar-refractivity contribution in [2.45, 2.75) is 51.5 Å². The van der Waals surface area contributed by atoms with E-state index in [0.29, 0.717) is 11.8 Å². The predicted octanol–water partition coefficient (Wildman–Crippen LogP) is 3.18.